The number of carbonyl (C=O) groups is 1. The number of para-hydroxylation sites is 1. The second-order valence-corrected chi connectivity index (χ2v) is 4.60. The highest BCUT2D eigenvalue weighted by atomic mass is 32.1. The smallest absolute Gasteiger partial charge is 0.250 e. The lowest BCUT2D eigenvalue weighted by molar-refractivity contribution is -0.115. The van der Waals surface area contributed by atoms with Crippen LogP contribution in [0.5, 0.6) is 5.75 Å². The summed E-state index contributed by atoms with van der Waals surface area (Å²) < 4.78 is 5.19. The van der Waals surface area contributed by atoms with Gasteiger partial charge in [-0.2, -0.15) is 0 Å². The molecule has 0 aromatic heterocycles. The number of nitrogens with one attached hydrogen (secondary N) is 2. The van der Waals surface area contributed by atoms with Crippen LogP contribution in [0.25, 0.3) is 6.08 Å². The van der Waals surface area contributed by atoms with E-state index >= 15 is 0 Å². The summed E-state index contributed by atoms with van der Waals surface area (Å²) in [6, 6.07) is 7.64. The van der Waals surface area contributed by atoms with E-state index in [0.29, 0.717) is 5.11 Å². The van der Waals surface area contributed by atoms with Crippen LogP contribution in [0.15, 0.2) is 30.3 Å². The number of hydrogen-bond acceptors (Lipinski definition) is 3. The molecule has 5 heteroatoms. The molecule has 1 aromatic carbocycles. The third kappa shape index (κ3) is 5.52. The molecule has 102 valence electrons. The average molecular weight is 278 g/mol. The van der Waals surface area contributed by atoms with Crippen molar-refractivity contribution in [3.63, 3.8) is 0 Å². The number of methoxy groups -OCH3 is 1. The van der Waals surface area contributed by atoms with Crippen molar-refractivity contribution in [3.05, 3.63) is 35.9 Å². The molecule has 0 saturated heterocycles. The first-order chi connectivity index (χ1) is 9.02. The zero-order valence-corrected chi connectivity index (χ0v) is 12.1. The van der Waals surface area contributed by atoms with Crippen molar-refractivity contribution in [2.45, 2.75) is 19.9 Å². The molecule has 2 N–H and O–H groups in total. The van der Waals surface area contributed by atoms with Gasteiger partial charge in [0.15, 0.2) is 5.11 Å². The van der Waals surface area contributed by atoms with E-state index in [2.05, 4.69) is 10.6 Å². The van der Waals surface area contributed by atoms with Crippen molar-refractivity contribution in [2.75, 3.05) is 7.11 Å². The summed E-state index contributed by atoms with van der Waals surface area (Å²) in [5.41, 5.74) is 0.836. The third-order valence-corrected chi connectivity index (χ3v) is 2.43. The van der Waals surface area contributed by atoms with Crippen LogP contribution in [0.4, 0.5) is 0 Å². The molecular weight excluding hydrogens is 260 g/mol. The molecule has 1 aromatic rings. The topological polar surface area (TPSA) is 50.4 Å². The van der Waals surface area contributed by atoms with E-state index < -0.39 is 0 Å². The quantitative estimate of drug-likeness (QED) is 0.654. The number of thiocarbonyl (C=S) groups is 1. The number of amides is 1. The maximum Gasteiger partial charge on any atom is 0.250 e. The van der Waals surface area contributed by atoms with Crippen LogP contribution in [-0.2, 0) is 4.79 Å². The van der Waals surface area contributed by atoms with Gasteiger partial charge < -0.3 is 10.1 Å². The zero-order chi connectivity index (χ0) is 14.3. The van der Waals surface area contributed by atoms with Gasteiger partial charge in [0.05, 0.1) is 7.11 Å². The molecule has 0 bridgehead atoms. The lowest BCUT2D eigenvalue weighted by Gasteiger charge is -2.10. The number of ether oxygens (including phenoxy) is 1. The summed E-state index contributed by atoms with van der Waals surface area (Å²) >= 11 is 4.98. The highest BCUT2D eigenvalue weighted by Crippen LogP contribution is 2.18. The second kappa shape index (κ2) is 7.53. The van der Waals surface area contributed by atoms with E-state index in [1.165, 1.54) is 6.08 Å². The standard InChI is InChI=1S/C14H18N2O2S/c1-10(2)15-14(19)16-13(17)9-8-11-6-4-5-7-12(11)18-3/h4-10H,1-3H3,(H2,15,16,17,19)/b9-8+. The van der Waals surface area contributed by atoms with Gasteiger partial charge in [0, 0.05) is 17.7 Å². The molecular formula is C14H18N2O2S. The molecule has 0 spiro atoms. The van der Waals surface area contributed by atoms with Gasteiger partial charge in [-0.25, -0.2) is 0 Å². The predicted octanol–water partition coefficient (Wildman–Crippen LogP) is 2.11. The maximum absolute atomic E-state index is 11.6. The molecule has 0 aliphatic heterocycles. The Balaban J connectivity index is 2.61. The fraction of sp³-hybridized carbons (Fsp3) is 0.286. The van der Waals surface area contributed by atoms with Crippen molar-refractivity contribution < 1.29 is 9.53 Å². The van der Waals surface area contributed by atoms with E-state index in [9.17, 15) is 4.79 Å². The largest absolute Gasteiger partial charge is 0.496 e. The van der Waals surface area contributed by atoms with Crippen LogP contribution in [-0.4, -0.2) is 24.2 Å². The minimum atomic E-state index is -0.274. The minimum Gasteiger partial charge on any atom is -0.496 e. The maximum atomic E-state index is 11.6. The van der Waals surface area contributed by atoms with Gasteiger partial charge in [-0.15, -0.1) is 0 Å². The molecule has 0 unspecified atom stereocenters. The zero-order valence-electron chi connectivity index (χ0n) is 11.3. The molecule has 0 saturated carbocycles. The Morgan fingerprint density at radius 1 is 1.37 bits per heavy atom. The van der Waals surface area contributed by atoms with Crippen LogP contribution in [0, 0.1) is 0 Å². The summed E-state index contributed by atoms with van der Waals surface area (Å²) in [7, 11) is 1.59. The Labute approximate surface area is 118 Å². The summed E-state index contributed by atoms with van der Waals surface area (Å²) in [5, 5.41) is 5.83. The van der Waals surface area contributed by atoms with Gasteiger partial charge in [0.1, 0.15) is 5.75 Å². The molecule has 0 aliphatic carbocycles. The second-order valence-electron chi connectivity index (χ2n) is 4.19. The molecule has 0 atom stereocenters. The number of carbonyl (C=O) groups excluding carboxylic acids is 1. The van der Waals surface area contributed by atoms with Crippen LogP contribution in [0.2, 0.25) is 0 Å². The molecule has 19 heavy (non-hydrogen) atoms. The van der Waals surface area contributed by atoms with Crippen molar-refractivity contribution in [1.29, 1.82) is 0 Å². The number of rotatable bonds is 4. The highest BCUT2D eigenvalue weighted by Gasteiger charge is 2.02. The predicted molar refractivity (Wildman–Crippen MR) is 81.0 cm³/mol. The van der Waals surface area contributed by atoms with Crippen LogP contribution in [0.3, 0.4) is 0 Å². The normalized spacial score (nSPS) is 10.5. The Hall–Kier alpha value is -1.88. The van der Waals surface area contributed by atoms with Crippen molar-refractivity contribution in [1.82, 2.24) is 10.6 Å². The molecule has 0 radical (unpaired) electrons. The molecule has 1 amide bonds. The van der Waals surface area contributed by atoms with Crippen molar-refractivity contribution in [2.24, 2.45) is 0 Å². The minimum absolute atomic E-state index is 0.186. The number of hydrogen-bond donors (Lipinski definition) is 2. The van der Waals surface area contributed by atoms with Crippen molar-refractivity contribution in [3.8, 4) is 5.75 Å². The Morgan fingerprint density at radius 3 is 2.68 bits per heavy atom. The highest BCUT2D eigenvalue weighted by molar-refractivity contribution is 7.80. The molecule has 1 rings (SSSR count). The van der Waals surface area contributed by atoms with E-state index in [1.54, 1.807) is 13.2 Å². The lowest BCUT2D eigenvalue weighted by atomic mass is 10.2. The fourth-order valence-electron chi connectivity index (χ4n) is 1.42. The molecule has 4 nitrogen and oxygen atoms in total. The monoisotopic (exact) mass is 278 g/mol. The third-order valence-electron chi connectivity index (χ3n) is 2.21. The van der Waals surface area contributed by atoms with E-state index in [1.807, 2.05) is 38.1 Å². The van der Waals surface area contributed by atoms with Gasteiger partial charge in [0.2, 0.25) is 5.91 Å². The molecule has 0 heterocycles. The first kappa shape index (κ1) is 15.2. The summed E-state index contributed by atoms with van der Waals surface area (Å²) in [5.74, 6) is 0.443. The summed E-state index contributed by atoms with van der Waals surface area (Å²) in [6.07, 6.45) is 3.11. The SMILES string of the molecule is COc1ccccc1/C=C/C(=O)NC(=S)NC(C)C. The van der Waals surface area contributed by atoms with E-state index in [-0.39, 0.29) is 11.9 Å². The van der Waals surface area contributed by atoms with Gasteiger partial charge in [0.25, 0.3) is 0 Å². The summed E-state index contributed by atoms with van der Waals surface area (Å²) in [4.78, 5) is 11.6. The average Bonchev–Trinajstić information content (AvgIpc) is 2.35. The Morgan fingerprint density at radius 2 is 2.05 bits per heavy atom. The lowest BCUT2D eigenvalue weighted by Crippen LogP contribution is -2.41. The van der Waals surface area contributed by atoms with Gasteiger partial charge in [-0.3, -0.25) is 10.1 Å². The van der Waals surface area contributed by atoms with Crippen LogP contribution in [0.1, 0.15) is 19.4 Å². The fourth-order valence-corrected chi connectivity index (χ4v) is 1.76. The number of benzene rings is 1. The molecule has 0 aliphatic rings. The van der Waals surface area contributed by atoms with Gasteiger partial charge in [-0.05, 0) is 38.2 Å². The first-order valence-corrected chi connectivity index (χ1v) is 6.36. The van der Waals surface area contributed by atoms with Gasteiger partial charge >= 0.3 is 0 Å². The van der Waals surface area contributed by atoms with Gasteiger partial charge in [-0.1, -0.05) is 18.2 Å². The Kier molecular flexibility index (Phi) is 6.02. The molecule has 0 fully saturated rings. The summed E-state index contributed by atoms with van der Waals surface area (Å²) in [6.45, 7) is 3.90. The Bertz CT molecular complexity index is 484. The van der Waals surface area contributed by atoms with Crippen LogP contribution >= 0.6 is 12.2 Å². The van der Waals surface area contributed by atoms with E-state index in [4.69, 9.17) is 17.0 Å². The first-order valence-electron chi connectivity index (χ1n) is 5.95. The van der Waals surface area contributed by atoms with E-state index in [0.717, 1.165) is 11.3 Å². The van der Waals surface area contributed by atoms with Crippen molar-refractivity contribution >= 4 is 29.3 Å². The van der Waals surface area contributed by atoms with Crippen LogP contribution < -0.4 is 15.4 Å².